The lowest BCUT2D eigenvalue weighted by Gasteiger charge is -2.14. The molecule has 3 aromatic rings. The molecule has 0 radical (unpaired) electrons. The van der Waals surface area contributed by atoms with E-state index < -0.39 is 16.8 Å². The minimum absolute atomic E-state index is 0.00843. The quantitative estimate of drug-likeness (QED) is 0.0972. The van der Waals surface area contributed by atoms with E-state index in [0.717, 1.165) is 21.8 Å². The number of hydrogen-bond donors (Lipinski definition) is 1. The van der Waals surface area contributed by atoms with Crippen molar-refractivity contribution >= 4 is 55.6 Å². The number of benzene rings is 3. The van der Waals surface area contributed by atoms with E-state index in [0.29, 0.717) is 5.75 Å². The highest BCUT2D eigenvalue weighted by Gasteiger charge is 2.19. The summed E-state index contributed by atoms with van der Waals surface area (Å²) in [5, 5.41) is 15.2. The zero-order chi connectivity index (χ0) is 27.1. The van der Waals surface area contributed by atoms with E-state index in [1.165, 1.54) is 12.1 Å². The van der Waals surface area contributed by atoms with Crippen molar-refractivity contribution in [1.29, 1.82) is 0 Å². The summed E-state index contributed by atoms with van der Waals surface area (Å²) in [5.41, 5.74) is 4.42. The number of non-ortho nitro benzene ring substituents is 1. The number of ether oxygens (including phenoxy) is 2. The fourth-order valence-electron chi connectivity index (χ4n) is 3.24. The number of rotatable bonds is 9. The summed E-state index contributed by atoms with van der Waals surface area (Å²) < 4.78 is 12.1. The summed E-state index contributed by atoms with van der Waals surface area (Å²) in [6.45, 7) is 5.70. The van der Waals surface area contributed by atoms with Crippen LogP contribution in [0, 0.1) is 17.0 Å². The number of hydrazone groups is 1. The molecule has 0 heterocycles. The Kier molecular flexibility index (Phi) is 9.54. The molecule has 3 rings (SSSR count). The molecule has 9 nitrogen and oxygen atoms in total. The van der Waals surface area contributed by atoms with Gasteiger partial charge in [0.15, 0.2) is 12.4 Å². The number of amides is 1. The molecule has 0 spiro atoms. The summed E-state index contributed by atoms with van der Waals surface area (Å²) in [4.78, 5) is 35.7. The summed E-state index contributed by atoms with van der Waals surface area (Å²) in [7, 11) is 0. The van der Waals surface area contributed by atoms with Crippen molar-refractivity contribution in [3.63, 3.8) is 0 Å². The van der Waals surface area contributed by atoms with E-state index >= 15 is 0 Å². The summed E-state index contributed by atoms with van der Waals surface area (Å²) in [6.07, 6.45) is 1.16. The molecule has 3 aromatic carbocycles. The van der Waals surface area contributed by atoms with Crippen LogP contribution < -0.4 is 14.9 Å². The van der Waals surface area contributed by atoms with Crippen LogP contribution in [-0.2, 0) is 4.79 Å². The van der Waals surface area contributed by atoms with Crippen LogP contribution in [0.25, 0.3) is 0 Å². The van der Waals surface area contributed by atoms with Crippen LogP contribution in [0.3, 0.4) is 0 Å². The maximum atomic E-state index is 12.6. The van der Waals surface area contributed by atoms with Gasteiger partial charge in [0.25, 0.3) is 11.6 Å². The Bertz CT molecular complexity index is 1360. The number of nitro benzene ring substituents is 1. The third-order valence-corrected chi connectivity index (χ3v) is 6.20. The number of nitrogens with zero attached hydrogens (tertiary/aromatic N) is 2. The second kappa shape index (κ2) is 12.6. The first-order valence-corrected chi connectivity index (χ1v) is 12.6. The standard InChI is InChI=1S/C26H23Br2N3O6/c1-15(2)21-9-4-16(3)10-23(21)36-14-24(32)30-29-13-18-11-20(31(34)35)12-22(28)25(18)37-26(33)17-5-7-19(27)8-6-17/h4-13,15H,14H2,1-3H3,(H,30,32)/b29-13-. The van der Waals surface area contributed by atoms with Crippen LogP contribution in [0.1, 0.15) is 46.8 Å². The van der Waals surface area contributed by atoms with Gasteiger partial charge in [-0.25, -0.2) is 10.2 Å². The normalized spacial score (nSPS) is 11.0. The molecule has 37 heavy (non-hydrogen) atoms. The van der Waals surface area contributed by atoms with Crippen molar-refractivity contribution in [1.82, 2.24) is 5.43 Å². The third kappa shape index (κ3) is 7.70. The number of aryl methyl sites for hydroxylation is 1. The lowest BCUT2D eigenvalue weighted by Crippen LogP contribution is -2.25. The number of nitro groups is 1. The highest BCUT2D eigenvalue weighted by atomic mass is 79.9. The van der Waals surface area contributed by atoms with Crippen LogP contribution in [0.4, 0.5) is 5.69 Å². The van der Waals surface area contributed by atoms with Crippen LogP contribution in [0.15, 0.2) is 68.6 Å². The van der Waals surface area contributed by atoms with Gasteiger partial charge >= 0.3 is 5.97 Å². The molecule has 0 saturated heterocycles. The van der Waals surface area contributed by atoms with Crippen molar-refractivity contribution in [3.05, 3.63) is 95.9 Å². The highest BCUT2D eigenvalue weighted by Crippen LogP contribution is 2.33. The van der Waals surface area contributed by atoms with Crippen LogP contribution >= 0.6 is 31.9 Å². The predicted octanol–water partition coefficient (Wildman–Crippen LogP) is 6.30. The Morgan fingerprint density at radius 1 is 1.11 bits per heavy atom. The summed E-state index contributed by atoms with van der Waals surface area (Å²) in [5.74, 6) is -0.380. The topological polar surface area (TPSA) is 120 Å². The number of esters is 1. The SMILES string of the molecule is Cc1ccc(C(C)C)c(OCC(=O)N/N=C\c2cc([N+](=O)[O-])cc(Br)c2OC(=O)c2ccc(Br)cc2)c1. The Hall–Kier alpha value is -3.57. The lowest BCUT2D eigenvalue weighted by atomic mass is 10.0. The van der Waals surface area contributed by atoms with E-state index in [1.807, 2.05) is 39.0 Å². The average molecular weight is 633 g/mol. The summed E-state index contributed by atoms with van der Waals surface area (Å²) in [6, 6.07) is 14.7. The molecule has 0 atom stereocenters. The van der Waals surface area contributed by atoms with Gasteiger partial charge in [-0.3, -0.25) is 14.9 Å². The molecule has 0 aromatic heterocycles. The zero-order valence-electron chi connectivity index (χ0n) is 20.2. The fourth-order valence-corrected chi connectivity index (χ4v) is 4.05. The Labute approximate surface area is 230 Å². The first kappa shape index (κ1) is 28.0. The Balaban J connectivity index is 1.75. The van der Waals surface area contributed by atoms with Gasteiger partial charge in [-0.05, 0) is 70.2 Å². The van der Waals surface area contributed by atoms with Gasteiger partial charge in [-0.1, -0.05) is 41.9 Å². The first-order valence-electron chi connectivity index (χ1n) is 11.1. The van der Waals surface area contributed by atoms with Crippen LogP contribution in [-0.4, -0.2) is 29.6 Å². The maximum absolute atomic E-state index is 12.6. The van der Waals surface area contributed by atoms with E-state index in [1.54, 1.807) is 24.3 Å². The van der Waals surface area contributed by atoms with Crippen LogP contribution in [0.5, 0.6) is 11.5 Å². The van der Waals surface area contributed by atoms with Crippen LogP contribution in [0.2, 0.25) is 0 Å². The molecule has 0 fully saturated rings. The number of hydrogen-bond acceptors (Lipinski definition) is 7. The first-order chi connectivity index (χ1) is 17.5. The molecule has 0 saturated carbocycles. The van der Waals surface area contributed by atoms with Crippen molar-refractivity contribution < 1.29 is 24.0 Å². The third-order valence-electron chi connectivity index (χ3n) is 5.09. The molecule has 0 aliphatic rings. The van der Waals surface area contributed by atoms with Gasteiger partial charge in [0.2, 0.25) is 0 Å². The molecular formula is C26H23Br2N3O6. The largest absolute Gasteiger partial charge is 0.483 e. The number of halogens is 2. The van der Waals surface area contributed by atoms with Gasteiger partial charge < -0.3 is 9.47 Å². The monoisotopic (exact) mass is 631 g/mol. The average Bonchev–Trinajstić information content (AvgIpc) is 2.84. The van der Waals surface area contributed by atoms with E-state index in [2.05, 4.69) is 42.4 Å². The van der Waals surface area contributed by atoms with Gasteiger partial charge in [-0.15, -0.1) is 0 Å². The molecule has 0 bridgehead atoms. The van der Waals surface area contributed by atoms with E-state index in [9.17, 15) is 19.7 Å². The van der Waals surface area contributed by atoms with Gasteiger partial charge in [0.1, 0.15) is 5.75 Å². The van der Waals surface area contributed by atoms with Gasteiger partial charge in [0, 0.05) is 22.2 Å². The lowest BCUT2D eigenvalue weighted by molar-refractivity contribution is -0.385. The second-order valence-electron chi connectivity index (χ2n) is 8.28. The smallest absolute Gasteiger partial charge is 0.343 e. The fraction of sp³-hybridized carbons (Fsp3) is 0.192. The Morgan fingerprint density at radius 3 is 2.46 bits per heavy atom. The summed E-state index contributed by atoms with van der Waals surface area (Å²) >= 11 is 6.52. The second-order valence-corrected chi connectivity index (χ2v) is 10.0. The highest BCUT2D eigenvalue weighted by molar-refractivity contribution is 9.10. The van der Waals surface area contributed by atoms with E-state index in [-0.39, 0.29) is 39.6 Å². The molecule has 1 N–H and O–H groups in total. The van der Waals surface area contributed by atoms with Crippen molar-refractivity contribution in [2.75, 3.05) is 6.61 Å². The minimum Gasteiger partial charge on any atom is -0.483 e. The number of carbonyl (C=O) groups is 2. The zero-order valence-corrected chi connectivity index (χ0v) is 23.3. The predicted molar refractivity (Wildman–Crippen MR) is 146 cm³/mol. The molecule has 0 aliphatic heterocycles. The Morgan fingerprint density at radius 2 is 1.81 bits per heavy atom. The molecule has 11 heteroatoms. The molecular weight excluding hydrogens is 610 g/mol. The molecule has 1 amide bonds. The van der Waals surface area contributed by atoms with Crippen molar-refractivity contribution in [2.45, 2.75) is 26.7 Å². The molecule has 192 valence electrons. The van der Waals surface area contributed by atoms with Crippen molar-refractivity contribution in [3.8, 4) is 11.5 Å². The number of nitrogens with one attached hydrogen (secondary N) is 1. The van der Waals surface area contributed by atoms with Crippen molar-refractivity contribution in [2.24, 2.45) is 5.10 Å². The molecule has 0 aliphatic carbocycles. The minimum atomic E-state index is -0.673. The molecule has 0 unspecified atom stereocenters. The maximum Gasteiger partial charge on any atom is 0.343 e. The van der Waals surface area contributed by atoms with E-state index in [4.69, 9.17) is 9.47 Å². The number of carbonyl (C=O) groups excluding carboxylic acids is 2. The van der Waals surface area contributed by atoms with Gasteiger partial charge in [-0.2, -0.15) is 5.10 Å². The van der Waals surface area contributed by atoms with Gasteiger partial charge in [0.05, 0.1) is 21.2 Å².